The van der Waals surface area contributed by atoms with Gasteiger partial charge in [0.25, 0.3) is 5.91 Å². The summed E-state index contributed by atoms with van der Waals surface area (Å²) in [6.07, 6.45) is 1.26. The Morgan fingerprint density at radius 3 is 2.41 bits per heavy atom. The smallest absolute Gasteiger partial charge is 0.409 e. The van der Waals surface area contributed by atoms with Crippen molar-refractivity contribution < 1.29 is 22.7 Å². The highest BCUT2D eigenvalue weighted by Gasteiger charge is 2.26. The molecule has 0 atom stereocenters. The summed E-state index contributed by atoms with van der Waals surface area (Å²) in [6, 6.07) is 6.04. The second-order valence-corrected chi connectivity index (χ2v) is 8.02. The Morgan fingerprint density at radius 2 is 1.78 bits per heavy atom. The second-order valence-electron chi connectivity index (χ2n) is 6.26. The third kappa shape index (κ3) is 5.67. The number of unbranched alkanes of at least 4 members (excludes halogenated alkanes) is 1. The summed E-state index contributed by atoms with van der Waals surface area (Å²) in [5.41, 5.74) is 0.318. The summed E-state index contributed by atoms with van der Waals surface area (Å²) < 4.78 is 32.2. The largest absolute Gasteiger partial charge is 0.450 e. The Bertz CT molecular complexity index is 758. The van der Waals surface area contributed by atoms with Crippen LogP contribution in [0.4, 0.5) is 4.79 Å². The first-order valence-electron chi connectivity index (χ1n) is 9.19. The minimum atomic E-state index is -3.64. The van der Waals surface area contributed by atoms with Gasteiger partial charge in [-0.2, -0.15) is 0 Å². The number of hydrogen-bond acceptors (Lipinski definition) is 5. The van der Waals surface area contributed by atoms with Gasteiger partial charge in [0.15, 0.2) is 0 Å². The van der Waals surface area contributed by atoms with Gasteiger partial charge in [0.05, 0.1) is 11.5 Å². The monoisotopic (exact) mass is 397 g/mol. The number of nitrogens with one attached hydrogen (secondary N) is 1. The highest BCUT2D eigenvalue weighted by Crippen LogP contribution is 2.15. The number of amides is 2. The summed E-state index contributed by atoms with van der Waals surface area (Å²) in [4.78, 5) is 27.7. The van der Waals surface area contributed by atoms with Crippen LogP contribution in [0.3, 0.4) is 0 Å². The lowest BCUT2D eigenvalue weighted by Gasteiger charge is -2.34. The molecule has 150 valence electrons. The molecule has 9 heteroatoms. The van der Waals surface area contributed by atoms with Crippen LogP contribution in [0, 0.1) is 0 Å². The number of ether oxygens (including phenoxy) is 1. The fourth-order valence-corrected chi connectivity index (χ4v) is 3.87. The van der Waals surface area contributed by atoms with E-state index in [2.05, 4.69) is 4.72 Å². The van der Waals surface area contributed by atoms with Crippen molar-refractivity contribution in [2.24, 2.45) is 0 Å². The maximum absolute atomic E-state index is 12.7. The predicted octanol–water partition coefficient (Wildman–Crippen LogP) is 1.68. The number of nitrogens with zero attached hydrogens (tertiary/aromatic N) is 2. The van der Waals surface area contributed by atoms with Crippen molar-refractivity contribution in [3.8, 4) is 0 Å². The van der Waals surface area contributed by atoms with Crippen LogP contribution in [0.1, 0.15) is 37.0 Å². The van der Waals surface area contributed by atoms with E-state index in [1.54, 1.807) is 28.9 Å². The molecular formula is C18H27N3O5S. The van der Waals surface area contributed by atoms with E-state index in [0.29, 0.717) is 44.9 Å². The van der Waals surface area contributed by atoms with E-state index >= 15 is 0 Å². The van der Waals surface area contributed by atoms with E-state index in [-0.39, 0.29) is 16.9 Å². The maximum Gasteiger partial charge on any atom is 0.409 e. The van der Waals surface area contributed by atoms with E-state index in [4.69, 9.17) is 4.74 Å². The fourth-order valence-electron chi connectivity index (χ4n) is 2.75. The van der Waals surface area contributed by atoms with Crippen LogP contribution in [0.5, 0.6) is 0 Å². The molecule has 1 aliphatic heterocycles. The van der Waals surface area contributed by atoms with E-state index in [0.717, 1.165) is 12.8 Å². The molecule has 1 aromatic carbocycles. The van der Waals surface area contributed by atoms with Crippen molar-refractivity contribution in [1.82, 2.24) is 14.5 Å². The molecule has 1 N–H and O–H groups in total. The number of carbonyl (C=O) groups is 2. The molecule has 1 fully saturated rings. The van der Waals surface area contributed by atoms with E-state index in [1.165, 1.54) is 12.1 Å². The lowest BCUT2D eigenvalue weighted by Crippen LogP contribution is -2.50. The Morgan fingerprint density at radius 1 is 1.11 bits per heavy atom. The average Bonchev–Trinajstić information content (AvgIpc) is 2.68. The van der Waals surface area contributed by atoms with Crippen LogP contribution >= 0.6 is 0 Å². The molecule has 1 aliphatic rings. The van der Waals surface area contributed by atoms with Gasteiger partial charge in [-0.3, -0.25) is 4.79 Å². The predicted molar refractivity (Wildman–Crippen MR) is 101 cm³/mol. The van der Waals surface area contributed by atoms with Gasteiger partial charge in [-0.25, -0.2) is 17.9 Å². The van der Waals surface area contributed by atoms with Gasteiger partial charge >= 0.3 is 6.09 Å². The van der Waals surface area contributed by atoms with E-state index < -0.39 is 10.0 Å². The third-order valence-corrected chi connectivity index (χ3v) is 5.77. The SMILES string of the molecule is CCCCNS(=O)(=O)c1cccc(C(=O)N2CCN(C(=O)OCC)CC2)c1. The lowest BCUT2D eigenvalue weighted by atomic mass is 10.2. The summed E-state index contributed by atoms with van der Waals surface area (Å²) in [5, 5.41) is 0. The Labute approximate surface area is 160 Å². The average molecular weight is 397 g/mol. The van der Waals surface area contributed by atoms with Crippen LogP contribution in [0.2, 0.25) is 0 Å². The first-order chi connectivity index (χ1) is 12.9. The zero-order chi connectivity index (χ0) is 19.9. The highest BCUT2D eigenvalue weighted by molar-refractivity contribution is 7.89. The van der Waals surface area contributed by atoms with Crippen LogP contribution in [0.15, 0.2) is 29.2 Å². The molecule has 1 aromatic rings. The standard InChI is InChI=1S/C18H27N3O5S/c1-3-5-9-19-27(24,25)16-8-6-7-15(14-16)17(22)20-10-12-21(13-11-20)18(23)26-4-2/h6-8,14,19H,3-5,9-13H2,1-2H3. The van der Waals surface area contributed by atoms with Gasteiger partial charge in [-0.1, -0.05) is 19.4 Å². The van der Waals surface area contributed by atoms with Gasteiger partial charge in [0, 0.05) is 38.3 Å². The van der Waals surface area contributed by atoms with Crippen LogP contribution in [-0.2, 0) is 14.8 Å². The molecule has 1 heterocycles. The van der Waals surface area contributed by atoms with Crippen molar-refractivity contribution in [2.45, 2.75) is 31.6 Å². The van der Waals surface area contributed by atoms with Gasteiger partial charge in [-0.15, -0.1) is 0 Å². The van der Waals surface area contributed by atoms with Crippen molar-refractivity contribution in [2.75, 3.05) is 39.3 Å². The molecule has 0 unspecified atom stereocenters. The van der Waals surface area contributed by atoms with Crippen molar-refractivity contribution >= 4 is 22.0 Å². The highest BCUT2D eigenvalue weighted by atomic mass is 32.2. The molecule has 8 nitrogen and oxygen atoms in total. The Kier molecular flexibility index (Phi) is 7.61. The van der Waals surface area contributed by atoms with Gasteiger partial charge in [0.1, 0.15) is 0 Å². The number of hydrogen-bond donors (Lipinski definition) is 1. The van der Waals surface area contributed by atoms with Crippen LogP contribution in [0.25, 0.3) is 0 Å². The lowest BCUT2D eigenvalue weighted by molar-refractivity contribution is 0.0570. The molecule has 2 amide bonds. The number of carbonyl (C=O) groups excluding carboxylic acids is 2. The zero-order valence-electron chi connectivity index (χ0n) is 15.8. The van der Waals surface area contributed by atoms with E-state index in [1.807, 2.05) is 6.92 Å². The molecule has 0 bridgehead atoms. The Hall–Kier alpha value is -2.13. The molecule has 0 aromatic heterocycles. The fraction of sp³-hybridized carbons (Fsp3) is 0.556. The molecular weight excluding hydrogens is 370 g/mol. The number of piperazine rings is 1. The summed E-state index contributed by atoms with van der Waals surface area (Å²) in [5.74, 6) is -0.246. The van der Waals surface area contributed by atoms with Crippen molar-refractivity contribution in [1.29, 1.82) is 0 Å². The Balaban J connectivity index is 2.02. The van der Waals surface area contributed by atoms with Gasteiger partial charge in [-0.05, 0) is 31.5 Å². The number of benzene rings is 1. The minimum Gasteiger partial charge on any atom is -0.450 e. The maximum atomic E-state index is 12.7. The quantitative estimate of drug-likeness (QED) is 0.706. The van der Waals surface area contributed by atoms with Crippen LogP contribution in [-0.4, -0.2) is 69.5 Å². The minimum absolute atomic E-state index is 0.0783. The number of sulfonamides is 1. The summed E-state index contributed by atoms with van der Waals surface area (Å²) >= 11 is 0. The van der Waals surface area contributed by atoms with Gasteiger partial charge in [0.2, 0.25) is 10.0 Å². The molecule has 0 spiro atoms. The topological polar surface area (TPSA) is 96.0 Å². The molecule has 0 aliphatic carbocycles. The van der Waals surface area contributed by atoms with Crippen LogP contribution < -0.4 is 4.72 Å². The zero-order valence-corrected chi connectivity index (χ0v) is 16.6. The normalized spacial score (nSPS) is 14.9. The van der Waals surface area contributed by atoms with E-state index in [9.17, 15) is 18.0 Å². The third-order valence-electron chi connectivity index (χ3n) is 4.31. The first kappa shape index (κ1) is 21.2. The number of rotatable bonds is 7. The molecule has 0 saturated carbocycles. The summed E-state index contributed by atoms with van der Waals surface area (Å²) in [6.45, 7) is 5.94. The molecule has 0 radical (unpaired) electrons. The summed E-state index contributed by atoms with van der Waals surface area (Å²) in [7, 11) is -3.64. The van der Waals surface area contributed by atoms with Gasteiger partial charge < -0.3 is 14.5 Å². The molecule has 27 heavy (non-hydrogen) atoms. The molecule has 2 rings (SSSR count). The second kappa shape index (κ2) is 9.70. The van der Waals surface area contributed by atoms with Crippen molar-refractivity contribution in [3.63, 3.8) is 0 Å². The van der Waals surface area contributed by atoms with Crippen molar-refractivity contribution in [3.05, 3.63) is 29.8 Å². The molecule has 1 saturated heterocycles. The first-order valence-corrected chi connectivity index (χ1v) is 10.7.